The predicted molar refractivity (Wildman–Crippen MR) is 128 cm³/mol. The van der Waals surface area contributed by atoms with E-state index in [2.05, 4.69) is 10.0 Å². The summed E-state index contributed by atoms with van der Waals surface area (Å²) >= 11 is 11.8. The molecule has 176 valence electrons. The van der Waals surface area contributed by atoms with E-state index in [4.69, 9.17) is 32.7 Å². The fourth-order valence-electron chi connectivity index (χ4n) is 3.47. The maximum atomic E-state index is 12.8. The van der Waals surface area contributed by atoms with Crippen molar-refractivity contribution in [3.8, 4) is 5.75 Å². The van der Waals surface area contributed by atoms with Crippen LogP contribution in [0.5, 0.6) is 5.75 Å². The van der Waals surface area contributed by atoms with Crippen molar-refractivity contribution in [3.05, 3.63) is 81.8 Å². The molecule has 2 N–H and O–H groups in total. The van der Waals surface area contributed by atoms with Gasteiger partial charge in [0, 0.05) is 11.3 Å². The molecular weight excluding hydrogens is 503 g/mol. The molecule has 3 aromatic carbocycles. The highest BCUT2D eigenvalue weighted by Gasteiger charge is 2.32. The van der Waals surface area contributed by atoms with Crippen LogP contribution in [-0.4, -0.2) is 27.4 Å². The number of cyclic esters (lactones) is 1. The van der Waals surface area contributed by atoms with Gasteiger partial charge in [-0.3, -0.25) is 9.52 Å². The first-order valence-corrected chi connectivity index (χ1v) is 12.2. The number of carbonyl (C=O) groups excluding carboxylic acids is 2. The fourth-order valence-corrected chi connectivity index (χ4v) is 4.91. The third-order valence-corrected chi connectivity index (χ3v) is 7.18. The molecule has 0 aliphatic carbocycles. The number of hydrogen-bond donors (Lipinski definition) is 2. The fraction of sp³-hybridized carbons (Fsp3) is 0.130. The molecule has 8 nitrogen and oxygen atoms in total. The molecule has 11 heteroatoms. The summed E-state index contributed by atoms with van der Waals surface area (Å²) in [5.41, 5.74) is 1.50. The second-order valence-electron chi connectivity index (χ2n) is 7.33. The molecule has 1 atom stereocenters. The number of esters is 1. The highest BCUT2D eigenvalue weighted by Crippen LogP contribution is 2.34. The van der Waals surface area contributed by atoms with Crippen LogP contribution >= 0.6 is 23.2 Å². The summed E-state index contributed by atoms with van der Waals surface area (Å²) in [5, 5.41) is 3.00. The number of nitrogens with one attached hydrogen (secondary N) is 2. The Morgan fingerprint density at radius 1 is 1.06 bits per heavy atom. The number of benzene rings is 3. The SMILES string of the molecule is COc1ccc(NC(=O)C[C@H]2OC(=O)c3ccccc32)cc1NS(=O)(=O)c1ccc(Cl)c(Cl)c1. The molecule has 0 aromatic heterocycles. The summed E-state index contributed by atoms with van der Waals surface area (Å²) in [7, 11) is -2.65. The summed E-state index contributed by atoms with van der Waals surface area (Å²) in [6, 6.07) is 15.3. The lowest BCUT2D eigenvalue weighted by molar-refractivity contribution is -0.118. The van der Waals surface area contributed by atoms with Gasteiger partial charge in [-0.1, -0.05) is 41.4 Å². The highest BCUT2D eigenvalue weighted by atomic mass is 35.5. The summed E-state index contributed by atoms with van der Waals surface area (Å²) in [6.07, 6.45) is -0.798. The Kier molecular flexibility index (Phi) is 6.70. The van der Waals surface area contributed by atoms with Gasteiger partial charge in [0.15, 0.2) is 0 Å². The molecule has 0 unspecified atom stereocenters. The third kappa shape index (κ3) is 4.96. The summed E-state index contributed by atoms with van der Waals surface area (Å²) in [6.45, 7) is 0. The Balaban J connectivity index is 1.52. The Labute approximate surface area is 205 Å². The van der Waals surface area contributed by atoms with Crippen molar-refractivity contribution in [1.29, 1.82) is 0 Å². The lowest BCUT2D eigenvalue weighted by Gasteiger charge is -2.15. The summed E-state index contributed by atoms with van der Waals surface area (Å²) < 4.78 is 38.7. The smallest absolute Gasteiger partial charge is 0.339 e. The van der Waals surface area contributed by atoms with Crippen molar-refractivity contribution >= 4 is 56.5 Å². The van der Waals surface area contributed by atoms with Gasteiger partial charge in [0.05, 0.1) is 39.7 Å². The van der Waals surface area contributed by atoms with E-state index in [-0.39, 0.29) is 32.8 Å². The Bertz CT molecular complexity index is 1390. The molecule has 3 aromatic rings. The van der Waals surface area contributed by atoms with E-state index in [1.54, 1.807) is 30.3 Å². The molecule has 0 radical (unpaired) electrons. The molecule has 4 rings (SSSR count). The van der Waals surface area contributed by atoms with E-state index in [0.29, 0.717) is 16.8 Å². The summed E-state index contributed by atoms with van der Waals surface area (Å²) in [5.74, 6) is -0.657. The van der Waals surface area contributed by atoms with E-state index < -0.39 is 28.0 Å². The molecule has 1 heterocycles. The van der Waals surface area contributed by atoms with Gasteiger partial charge in [0.1, 0.15) is 11.9 Å². The van der Waals surface area contributed by atoms with Crippen LogP contribution in [0.1, 0.15) is 28.4 Å². The molecule has 1 aliphatic rings. The zero-order valence-electron chi connectivity index (χ0n) is 17.7. The van der Waals surface area contributed by atoms with Crippen molar-refractivity contribution < 1.29 is 27.5 Å². The Morgan fingerprint density at radius 3 is 2.56 bits per heavy atom. The van der Waals surface area contributed by atoms with Crippen molar-refractivity contribution in [2.45, 2.75) is 17.4 Å². The lowest BCUT2D eigenvalue weighted by Crippen LogP contribution is -2.17. The van der Waals surface area contributed by atoms with Gasteiger partial charge >= 0.3 is 5.97 Å². The monoisotopic (exact) mass is 520 g/mol. The van der Waals surface area contributed by atoms with Crippen molar-refractivity contribution in [3.63, 3.8) is 0 Å². The quantitative estimate of drug-likeness (QED) is 0.422. The Hall–Kier alpha value is -3.27. The lowest BCUT2D eigenvalue weighted by atomic mass is 10.0. The third-order valence-electron chi connectivity index (χ3n) is 5.08. The molecule has 0 saturated carbocycles. The minimum Gasteiger partial charge on any atom is -0.495 e. The van der Waals surface area contributed by atoms with Gasteiger partial charge < -0.3 is 14.8 Å². The van der Waals surface area contributed by atoms with E-state index >= 15 is 0 Å². The number of sulfonamides is 1. The van der Waals surface area contributed by atoms with E-state index in [9.17, 15) is 18.0 Å². The normalized spacial score (nSPS) is 14.8. The molecule has 0 spiro atoms. The number of rotatable bonds is 7. The first kappa shape index (κ1) is 23.9. The topological polar surface area (TPSA) is 111 Å². The number of amides is 1. The molecule has 0 saturated heterocycles. The number of hydrogen-bond acceptors (Lipinski definition) is 6. The molecular formula is C23H18Cl2N2O6S. The van der Waals surface area contributed by atoms with E-state index in [0.717, 1.165) is 0 Å². The minimum absolute atomic E-state index is 0.0895. The maximum Gasteiger partial charge on any atom is 0.339 e. The Morgan fingerprint density at radius 2 is 1.82 bits per heavy atom. The van der Waals surface area contributed by atoms with Gasteiger partial charge in [0.25, 0.3) is 10.0 Å². The van der Waals surface area contributed by atoms with Crippen LogP contribution in [0.4, 0.5) is 11.4 Å². The number of halogens is 2. The van der Waals surface area contributed by atoms with Gasteiger partial charge in [-0.2, -0.15) is 0 Å². The van der Waals surface area contributed by atoms with Gasteiger partial charge in [-0.05, 0) is 42.5 Å². The van der Waals surface area contributed by atoms with Crippen LogP contribution in [0.15, 0.2) is 65.6 Å². The second kappa shape index (κ2) is 9.54. The van der Waals surface area contributed by atoms with Gasteiger partial charge in [-0.15, -0.1) is 0 Å². The van der Waals surface area contributed by atoms with Crippen molar-refractivity contribution in [1.82, 2.24) is 0 Å². The van der Waals surface area contributed by atoms with Gasteiger partial charge in [0.2, 0.25) is 5.91 Å². The zero-order valence-corrected chi connectivity index (χ0v) is 20.0. The predicted octanol–water partition coefficient (Wildman–Crippen LogP) is 5.04. The number of fused-ring (bicyclic) bond motifs is 1. The number of ether oxygens (including phenoxy) is 2. The standard InChI is InChI=1S/C23H18Cl2N2O6S/c1-32-20-9-6-13(10-19(20)27-34(30,31)14-7-8-17(24)18(25)11-14)26-22(28)12-21-15-4-2-3-5-16(15)23(29)33-21/h2-11,21,27H,12H2,1H3,(H,26,28)/t21-/m1/s1. The molecule has 0 bridgehead atoms. The van der Waals surface area contributed by atoms with Gasteiger partial charge in [-0.25, -0.2) is 13.2 Å². The van der Waals surface area contributed by atoms with Crippen LogP contribution in [0.25, 0.3) is 0 Å². The van der Waals surface area contributed by atoms with Crippen molar-refractivity contribution in [2.24, 2.45) is 0 Å². The number of methoxy groups -OCH3 is 1. The molecule has 1 aliphatic heterocycles. The highest BCUT2D eigenvalue weighted by molar-refractivity contribution is 7.92. The van der Waals surface area contributed by atoms with Crippen LogP contribution in [-0.2, 0) is 19.6 Å². The first-order chi connectivity index (χ1) is 16.2. The molecule has 0 fully saturated rings. The molecule has 34 heavy (non-hydrogen) atoms. The maximum absolute atomic E-state index is 12.8. The van der Waals surface area contributed by atoms with Crippen molar-refractivity contribution in [2.75, 3.05) is 17.1 Å². The first-order valence-electron chi connectivity index (χ1n) is 9.93. The number of carbonyl (C=O) groups is 2. The van der Waals surface area contributed by atoms with Crippen LogP contribution in [0.2, 0.25) is 10.0 Å². The van der Waals surface area contributed by atoms with Crippen LogP contribution in [0.3, 0.4) is 0 Å². The van der Waals surface area contributed by atoms with Crippen LogP contribution in [0, 0.1) is 0 Å². The average Bonchev–Trinajstić information content (AvgIpc) is 3.11. The average molecular weight is 521 g/mol. The minimum atomic E-state index is -4.03. The van der Waals surface area contributed by atoms with E-state index in [1.165, 1.54) is 37.4 Å². The molecule has 1 amide bonds. The number of anilines is 2. The second-order valence-corrected chi connectivity index (χ2v) is 9.83. The largest absolute Gasteiger partial charge is 0.495 e. The zero-order chi connectivity index (χ0) is 24.5. The van der Waals surface area contributed by atoms with Crippen LogP contribution < -0.4 is 14.8 Å². The summed E-state index contributed by atoms with van der Waals surface area (Å²) in [4.78, 5) is 24.5. The van der Waals surface area contributed by atoms with E-state index in [1.807, 2.05) is 0 Å².